The SMILES string of the molecule is CCCCCCCCCCC/C=C/C(OC(=O)CCCCCCCCCCCCCCCC)C(COP(=O)([O-])OCC[N+](C)(C)C)NC(=O)CCCCCCCCCCCCC. The van der Waals surface area contributed by atoms with Crippen molar-refractivity contribution in [2.75, 3.05) is 40.9 Å². The summed E-state index contributed by atoms with van der Waals surface area (Å²) in [6.07, 6.45) is 46.0. The molecular weight excluding hydrogens is 796 g/mol. The zero-order valence-corrected chi connectivity index (χ0v) is 42.7. The summed E-state index contributed by atoms with van der Waals surface area (Å²) < 4.78 is 30.1. The molecule has 0 saturated carbocycles. The highest BCUT2D eigenvalue weighted by Gasteiger charge is 2.27. The number of allylic oxidation sites excluding steroid dienone is 1. The first-order valence-electron chi connectivity index (χ1n) is 26.5. The summed E-state index contributed by atoms with van der Waals surface area (Å²) in [4.78, 5) is 39.6. The number of hydrogen-bond donors (Lipinski definition) is 1. The van der Waals surface area contributed by atoms with Crippen LogP contribution < -0.4 is 10.2 Å². The van der Waals surface area contributed by atoms with Crippen molar-refractivity contribution in [2.24, 2.45) is 0 Å². The minimum atomic E-state index is -4.68. The minimum Gasteiger partial charge on any atom is -0.756 e. The lowest BCUT2D eigenvalue weighted by Crippen LogP contribution is -2.47. The standard InChI is InChI=1S/C52H103N2O7P/c1-7-10-13-16-19-22-25-26-27-30-33-36-39-42-45-52(56)61-50(43-40-37-34-31-28-23-20-17-14-11-8-2)49(48-60-62(57,58)59-47-46-54(4,5)6)53-51(55)44-41-38-35-32-29-24-21-18-15-12-9-3/h40,43,49-50H,7-39,41-42,44-48H2,1-6H3,(H-,53,55,57,58)/b43-40+. The monoisotopic (exact) mass is 899 g/mol. The molecular formula is C52H103N2O7P. The summed E-state index contributed by atoms with van der Waals surface area (Å²) >= 11 is 0. The number of esters is 1. The van der Waals surface area contributed by atoms with Gasteiger partial charge in [-0.15, -0.1) is 0 Å². The van der Waals surface area contributed by atoms with Gasteiger partial charge in [0.05, 0.1) is 33.8 Å². The van der Waals surface area contributed by atoms with Crippen molar-refractivity contribution >= 4 is 19.7 Å². The Bertz CT molecular complexity index is 1080. The smallest absolute Gasteiger partial charge is 0.306 e. The van der Waals surface area contributed by atoms with Crippen molar-refractivity contribution in [3.8, 4) is 0 Å². The third-order valence-electron chi connectivity index (χ3n) is 12.0. The van der Waals surface area contributed by atoms with Crippen LogP contribution in [0, 0.1) is 0 Å². The van der Waals surface area contributed by atoms with Gasteiger partial charge >= 0.3 is 5.97 Å². The molecule has 0 aliphatic rings. The first-order valence-corrected chi connectivity index (χ1v) is 28.0. The van der Waals surface area contributed by atoms with Gasteiger partial charge in [0.15, 0.2) is 0 Å². The van der Waals surface area contributed by atoms with Crippen LogP contribution >= 0.6 is 7.82 Å². The Morgan fingerprint density at radius 3 is 1.32 bits per heavy atom. The van der Waals surface area contributed by atoms with Crippen LogP contribution in [0.2, 0.25) is 0 Å². The number of phosphoric acid groups is 1. The number of nitrogens with zero attached hydrogens (tertiary/aromatic N) is 1. The van der Waals surface area contributed by atoms with Crippen LogP contribution in [0.1, 0.15) is 258 Å². The van der Waals surface area contributed by atoms with Crippen LogP contribution in [0.25, 0.3) is 0 Å². The van der Waals surface area contributed by atoms with E-state index in [1.54, 1.807) is 0 Å². The first-order chi connectivity index (χ1) is 29.9. The maximum atomic E-state index is 13.4. The molecule has 0 rings (SSSR count). The number of hydrogen-bond acceptors (Lipinski definition) is 7. The van der Waals surface area contributed by atoms with Gasteiger partial charge in [-0.3, -0.25) is 14.2 Å². The predicted octanol–water partition coefficient (Wildman–Crippen LogP) is 14.6. The van der Waals surface area contributed by atoms with Crippen molar-refractivity contribution in [3.63, 3.8) is 0 Å². The summed E-state index contributed by atoms with van der Waals surface area (Å²) in [5.74, 6) is -0.530. The van der Waals surface area contributed by atoms with E-state index in [2.05, 4.69) is 26.1 Å². The highest BCUT2D eigenvalue weighted by molar-refractivity contribution is 7.45. The summed E-state index contributed by atoms with van der Waals surface area (Å²) in [7, 11) is 1.20. The van der Waals surface area contributed by atoms with E-state index in [0.717, 1.165) is 57.8 Å². The molecule has 1 amide bonds. The van der Waals surface area contributed by atoms with E-state index in [1.165, 1.54) is 167 Å². The van der Waals surface area contributed by atoms with Crippen LogP contribution in [-0.2, 0) is 27.9 Å². The fraction of sp³-hybridized carbons (Fsp3) is 0.923. The summed E-state index contributed by atoms with van der Waals surface area (Å²) in [5.41, 5.74) is 0. The number of phosphoric ester groups is 1. The number of rotatable bonds is 48. The third-order valence-corrected chi connectivity index (χ3v) is 12.9. The maximum absolute atomic E-state index is 13.4. The van der Waals surface area contributed by atoms with E-state index in [4.69, 9.17) is 13.8 Å². The fourth-order valence-corrected chi connectivity index (χ4v) is 8.54. The average Bonchev–Trinajstić information content (AvgIpc) is 3.22. The lowest BCUT2D eigenvalue weighted by Gasteiger charge is -2.30. The molecule has 368 valence electrons. The summed E-state index contributed by atoms with van der Waals surface area (Å²) in [5, 5.41) is 3.01. The molecule has 0 aliphatic carbocycles. The van der Waals surface area contributed by atoms with Gasteiger partial charge in [0.1, 0.15) is 19.3 Å². The summed E-state index contributed by atoms with van der Waals surface area (Å²) in [6, 6.07) is -0.876. The number of unbranched alkanes of at least 4 members (excludes halogenated alkanes) is 32. The Kier molecular flexibility index (Phi) is 42.8. The number of ether oxygens (including phenoxy) is 1. The Balaban J connectivity index is 5.37. The summed E-state index contributed by atoms with van der Waals surface area (Å²) in [6.45, 7) is 6.84. The van der Waals surface area contributed by atoms with Crippen LogP contribution in [0.15, 0.2) is 12.2 Å². The lowest BCUT2D eigenvalue weighted by molar-refractivity contribution is -0.870. The molecule has 0 heterocycles. The molecule has 0 aromatic rings. The molecule has 3 atom stereocenters. The molecule has 0 saturated heterocycles. The Labute approximate surface area is 384 Å². The van der Waals surface area contributed by atoms with Crippen molar-refractivity contribution in [1.82, 2.24) is 5.32 Å². The molecule has 0 aliphatic heterocycles. The molecule has 0 aromatic carbocycles. The van der Waals surface area contributed by atoms with Crippen LogP contribution in [0.3, 0.4) is 0 Å². The van der Waals surface area contributed by atoms with Crippen LogP contribution in [-0.4, -0.2) is 69.4 Å². The van der Waals surface area contributed by atoms with Crippen LogP contribution in [0.5, 0.6) is 0 Å². The van der Waals surface area contributed by atoms with Crippen molar-refractivity contribution < 1.29 is 37.3 Å². The molecule has 0 fully saturated rings. The second-order valence-corrected chi connectivity index (χ2v) is 20.8. The third kappa shape index (κ3) is 44.0. The number of nitrogens with one attached hydrogen (secondary N) is 1. The molecule has 10 heteroatoms. The Morgan fingerprint density at radius 1 is 0.548 bits per heavy atom. The molecule has 0 radical (unpaired) electrons. The predicted molar refractivity (Wildman–Crippen MR) is 261 cm³/mol. The largest absolute Gasteiger partial charge is 0.756 e. The first kappa shape index (κ1) is 60.8. The molecule has 3 unspecified atom stereocenters. The number of likely N-dealkylation sites (N-methyl/N-ethyl adjacent to an activating group) is 1. The van der Waals surface area contributed by atoms with Gasteiger partial charge in [0.2, 0.25) is 5.91 Å². The molecule has 0 aromatic heterocycles. The normalized spacial score (nSPS) is 14.0. The van der Waals surface area contributed by atoms with Crippen molar-refractivity contribution in [1.29, 1.82) is 0 Å². The van der Waals surface area contributed by atoms with Gasteiger partial charge in [-0.1, -0.05) is 226 Å². The Hall–Kier alpha value is -1.25. The van der Waals surface area contributed by atoms with Gasteiger partial charge in [0, 0.05) is 12.8 Å². The van der Waals surface area contributed by atoms with E-state index in [1.807, 2.05) is 33.3 Å². The van der Waals surface area contributed by atoms with E-state index in [-0.39, 0.29) is 31.5 Å². The van der Waals surface area contributed by atoms with Crippen molar-refractivity contribution in [3.05, 3.63) is 12.2 Å². The van der Waals surface area contributed by atoms with E-state index in [0.29, 0.717) is 17.4 Å². The van der Waals surface area contributed by atoms with E-state index < -0.39 is 20.0 Å². The quantitative estimate of drug-likeness (QED) is 0.0213. The maximum Gasteiger partial charge on any atom is 0.306 e. The second kappa shape index (κ2) is 43.6. The lowest BCUT2D eigenvalue weighted by atomic mass is 10.0. The minimum absolute atomic E-state index is 0.0174. The van der Waals surface area contributed by atoms with Gasteiger partial charge in [-0.2, -0.15) is 0 Å². The van der Waals surface area contributed by atoms with Crippen molar-refractivity contribution in [2.45, 2.75) is 270 Å². The zero-order valence-electron chi connectivity index (χ0n) is 41.8. The van der Waals surface area contributed by atoms with Gasteiger partial charge < -0.3 is 28.5 Å². The number of quaternary nitrogens is 1. The Morgan fingerprint density at radius 2 is 0.919 bits per heavy atom. The van der Waals surface area contributed by atoms with E-state index >= 15 is 0 Å². The van der Waals surface area contributed by atoms with E-state index in [9.17, 15) is 19.0 Å². The highest BCUT2D eigenvalue weighted by atomic mass is 31.2. The zero-order chi connectivity index (χ0) is 45.8. The molecule has 62 heavy (non-hydrogen) atoms. The molecule has 9 nitrogen and oxygen atoms in total. The molecule has 0 spiro atoms. The highest BCUT2D eigenvalue weighted by Crippen LogP contribution is 2.38. The number of carbonyl (C=O) groups excluding carboxylic acids is 2. The second-order valence-electron chi connectivity index (χ2n) is 19.4. The molecule has 1 N–H and O–H groups in total. The number of carbonyl (C=O) groups is 2. The van der Waals surface area contributed by atoms with Gasteiger partial charge in [-0.05, 0) is 31.8 Å². The van der Waals surface area contributed by atoms with Gasteiger partial charge in [-0.25, -0.2) is 0 Å². The molecule has 0 bridgehead atoms. The number of amides is 1. The van der Waals surface area contributed by atoms with Gasteiger partial charge in [0.25, 0.3) is 7.82 Å². The topological polar surface area (TPSA) is 114 Å². The fourth-order valence-electron chi connectivity index (χ4n) is 7.82. The average molecular weight is 899 g/mol. The van der Waals surface area contributed by atoms with Crippen LogP contribution in [0.4, 0.5) is 0 Å².